The highest BCUT2D eigenvalue weighted by molar-refractivity contribution is 5.79. The summed E-state index contributed by atoms with van der Waals surface area (Å²) in [7, 11) is 0. The third-order valence-corrected chi connectivity index (χ3v) is 6.56. The first-order valence-electron chi connectivity index (χ1n) is 11.3. The number of nitrogens with zero attached hydrogens (tertiary/aromatic N) is 1. The van der Waals surface area contributed by atoms with Crippen LogP contribution in [0.4, 0.5) is 0 Å². The molecule has 0 spiro atoms. The number of nitrogens with one attached hydrogen (secondary N) is 1. The monoisotopic (exact) mass is 436 g/mol. The lowest BCUT2D eigenvalue weighted by molar-refractivity contribution is -0.0108. The Bertz CT molecular complexity index is 1150. The third kappa shape index (κ3) is 4.64. The molecule has 1 aromatic carbocycles. The fraction of sp³-hybridized carbons (Fsp3) is 0.440. The predicted octanol–water partition coefficient (Wildman–Crippen LogP) is 3.36. The Balaban J connectivity index is 1.14. The van der Waals surface area contributed by atoms with Crippen LogP contribution in [0.1, 0.15) is 43.4 Å². The zero-order chi connectivity index (χ0) is 22.0. The largest absolute Gasteiger partial charge is 0.486 e. The maximum Gasteiger partial charge on any atom is 0.336 e. The molecular formula is C25H28N2O5. The van der Waals surface area contributed by atoms with Gasteiger partial charge in [-0.3, -0.25) is 4.98 Å². The lowest BCUT2D eigenvalue weighted by atomic mass is 9.78. The van der Waals surface area contributed by atoms with Crippen LogP contribution in [-0.4, -0.2) is 34.9 Å². The van der Waals surface area contributed by atoms with Gasteiger partial charge < -0.3 is 24.3 Å². The van der Waals surface area contributed by atoms with Crippen LogP contribution < -0.4 is 20.4 Å². The molecule has 1 aliphatic carbocycles. The summed E-state index contributed by atoms with van der Waals surface area (Å²) in [4.78, 5) is 16.1. The van der Waals surface area contributed by atoms with Crippen LogP contribution in [0.15, 0.2) is 51.8 Å². The molecule has 2 aromatic heterocycles. The molecule has 0 saturated heterocycles. The van der Waals surface area contributed by atoms with Gasteiger partial charge in [0.1, 0.15) is 18.8 Å². The number of ether oxygens (including phenoxy) is 2. The van der Waals surface area contributed by atoms with Gasteiger partial charge in [-0.15, -0.1) is 0 Å². The standard InChI is InChI=1S/C25H28N2O5/c28-23-5-4-17-2-1-3-18(24(17)32-23)6-9-25(29)10-7-19(8-11-25)26-15-20-14-21-22(16-27-20)31-13-12-30-21/h1-5,14,16,19,26,29H,6-13,15H2/t19-,25-. The molecule has 5 rings (SSSR count). The maximum absolute atomic E-state index is 11.6. The van der Waals surface area contributed by atoms with Crippen molar-refractivity contribution < 1.29 is 19.0 Å². The van der Waals surface area contributed by atoms with Gasteiger partial charge >= 0.3 is 5.63 Å². The van der Waals surface area contributed by atoms with Crippen molar-refractivity contribution in [1.82, 2.24) is 10.3 Å². The summed E-state index contributed by atoms with van der Waals surface area (Å²) in [6.45, 7) is 1.79. The van der Waals surface area contributed by atoms with E-state index in [2.05, 4.69) is 10.3 Å². The highest BCUT2D eigenvalue weighted by atomic mass is 16.6. The Labute approximate surface area is 186 Å². The molecule has 1 saturated carbocycles. The van der Waals surface area contributed by atoms with Gasteiger partial charge in [-0.1, -0.05) is 18.2 Å². The molecule has 2 N–H and O–H groups in total. The highest BCUT2D eigenvalue weighted by Gasteiger charge is 2.33. The summed E-state index contributed by atoms with van der Waals surface area (Å²) in [5, 5.41) is 15.6. The van der Waals surface area contributed by atoms with Crippen LogP contribution in [-0.2, 0) is 13.0 Å². The molecule has 32 heavy (non-hydrogen) atoms. The minimum atomic E-state index is -0.690. The van der Waals surface area contributed by atoms with E-state index in [1.54, 1.807) is 12.3 Å². The van der Waals surface area contributed by atoms with Gasteiger partial charge in [0.2, 0.25) is 0 Å². The van der Waals surface area contributed by atoms with Crippen molar-refractivity contribution in [2.75, 3.05) is 13.2 Å². The number of benzene rings is 1. The van der Waals surface area contributed by atoms with E-state index in [1.165, 1.54) is 6.07 Å². The van der Waals surface area contributed by atoms with E-state index < -0.39 is 5.60 Å². The molecule has 1 aliphatic heterocycles. The number of aryl methyl sites for hydroxylation is 1. The Morgan fingerprint density at radius 3 is 2.75 bits per heavy atom. The number of hydrogen-bond donors (Lipinski definition) is 2. The molecule has 1 fully saturated rings. The summed E-state index contributed by atoms with van der Waals surface area (Å²) in [6.07, 6.45) is 6.36. The van der Waals surface area contributed by atoms with Crippen molar-refractivity contribution in [1.29, 1.82) is 0 Å². The Morgan fingerprint density at radius 1 is 1.09 bits per heavy atom. The SMILES string of the molecule is O=c1ccc2cccc(CC[C@]3(O)CC[C@H](NCc4cc5c(cn4)OCCO5)CC3)c2o1. The van der Waals surface area contributed by atoms with Crippen LogP contribution in [0, 0.1) is 0 Å². The van der Waals surface area contributed by atoms with Gasteiger partial charge in [-0.25, -0.2) is 4.79 Å². The van der Waals surface area contributed by atoms with Gasteiger partial charge in [0.25, 0.3) is 0 Å². The first kappa shape index (κ1) is 21.0. The first-order valence-corrected chi connectivity index (χ1v) is 11.3. The number of hydrogen-bond acceptors (Lipinski definition) is 7. The van der Waals surface area contributed by atoms with Crippen molar-refractivity contribution in [2.24, 2.45) is 0 Å². The molecule has 0 atom stereocenters. The molecule has 7 nitrogen and oxygen atoms in total. The van der Waals surface area contributed by atoms with Crippen molar-refractivity contribution in [3.63, 3.8) is 0 Å². The molecule has 3 heterocycles. The van der Waals surface area contributed by atoms with E-state index in [1.807, 2.05) is 24.3 Å². The Hall–Kier alpha value is -2.90. The van der Waals surface area contributed by atoms with E-state index in [9.17, 15) is 9.90 Å². The lowest BCUT2D eigenvalue weighted by Crippen LogP contribution is -2.41. The average molecular weight is 437 g/mol. The third-order valence-electron chi connectivity index (χ3n) is 6.56. The van der Waals surface area contributed by atoms with Gasteiger partial charge in [0, 0.05) is 30.1 Å². The number of rotatable bonds is 6. The molecule has 168 valence electrons. The molecular weight excluding hydrogens is 408 g/mol. The molecule has 7 heteroatoms. The van der Waals surface area contributed by atoms with E-state index in [0.29, 0.717) is 50.0 Å². The molecule has 2 aliphatic rings. The summed E-state index contributed by atoms with van der Waals surface area (Å²) >= 11 is 0. The average Bonchev–Trinajstić information content (AvgIpc) is 2.82. The van der Waals surface area contributed by atoms with E-state index >= 15 is 0 Å². The molecule has 0 amide bonds. The van der Waals surface area contributed by atoms with Gasteiger partial charge in [-0.05, 0) is 50.2 Å². The zero-order valence-corrected chi connectivity index (χ0v) is 18.0. The highest BCUT2D eigenvalue weighted by Crippen LogP contribution is 2.34. The van der Waals surface area contributed by atoms with Crippen molar-refractivity contribution >= 4 is 11.0 Å². The van der Waals surface area contributed by atoms with Crippen molar-refractivity contribution in [3.8, 4) is 11.5 Å². The zero-order valence-electron chi connectivity index (χ0n) is 18.0. The normalized spacial score (nSPS) is 22.7. The van der Waals surface area contributed by atoms with Crippen LogP contribution in [0.3, 0.4) is 0 Å². The second-order valence-electron chi connectivity index (χ2n) is 8.79. The number of aromatic nitrogens is 1. The summed E-state index contributed by atoms with van der Waals surface area (Å²) in [5.74, 6) is 1.46. The minimum absolute atomic E-state index is 0.345. The fourth-order valence-electron chi connectivity index (χ4n) is 4.66. The van der Waals surface area contributed by atoms with Crippen LogP contribution in [0.5, 0.6) is 11.5 Å². The van der Waals surface area contributed by atoms with E-state index in [-0.39, 0.29) is 5.63 Å². The van der Waals surface area contributed by atoms with Crippen LogP contribution >= 0.6 is 0 Å². The fourth-order valence-corrected chi connectivity index (χ4v) is 4.66. The number of pyridine rings is 1. The number of para-hydroxylation sites is 1. The minimum Gasteiger partial charge on any atom is -0.486 e. The molecule has 0 bridgehead atoms. The van der Waals surface area contributed by atoms with Crippen LogP contribution in [0.2, 0.25) is 0 Å². The van der Waals surface area contributed by atoms with Gasteiger partial charge in [0.05, 0.1) is 17.5 Å². The van der Waals surface area contributed by atoms with Gasteiger partial charge in [-0.2, -0.15) is 0 Å². The van der Waals surface area contributed by atoms with E-state index in [4.69, 9.17) is 13.9 Å². The Kier molecular flexibility index (Phi) is 5.85. The predicted molar refractivity (Wildman–Crippen MR) is 120 cm³/mol. The molecule has 0 radical (unpaired) electrons. The second-order valence-corrected chi connectivity index (χ2v) is 8.79. The summed E-state index contributed by atoms with van der Waals surface area (Å²) in [5.41, 5.74) is 1.49. The summed E-state index contributed by atoms with van der Waals surface area (Å²) in [6, 6.07) is 11.4. The Morgan fingerprint density at radius 2 is 1.91 bits per heavy atom. The molecule has 0 unspecified atom stereocenters. The van der Waals surface area contributed by atoms with Crippen molar-refractivity contribution in [2.45, 2.75) is 56.7 Å². The first-order chi connectivity index (χ1) is 15.6. The smallest absolute Gasteiger partial charge is 0.336 e. The van der Waals surface area contributed by atoms with E-state index in [0.717, 1.165) is 48.1 Å². The second kappa shape index (κ2) is 8.92. The quantitative estimate of drug-likeness (QED) is 0.572. The number of aliphatic hydroxyl groups is 1. The maximum atomic E-state index is 11.6. The van der Waals surface area contributed by atoms with Gasteiger partial charge in [0.15, 0.2) is 11.5 Å². The topological polar surface area (TPSA) is 93.8 Å². The van der Waals surface area contributed by atoms with Crippen LogP contribution in [0.25, 0.3) is 11.0 Å². The van der Waals surface area contributed by atoms with Crippen molar-refractivity contribution in [3.05, 3.63) is 64.3 Å². The number of fused-ring (bicyclic) bond motifs is 2. The lowest BCUT2D eigenvalue weighted by Gasteiger charge is -2.36. The molecule has 3 aromatic rings. The summed E-state index contributed by atoms with van der Waals surface area (Å²) < 4.78 is 16.6.